The van der Waals surface area contributed by atoms with Crippen molar-refractivity contribution in [1.82, 2.24) is 10.3 Å². The van der Waals surface area contributed by atoms with E-state index in [0.717, 1.165) is 5.56 Å². The number of amides is 1. The quantitative estimate of drug-likeness (QED) is 0.921. The molecule has 5 heteroatoms. The summed E-state index contributed by atoms with van der Waals surface area (Å²) < 4.78 is 5.53. The number of hydrogen-bond acceptors (Lipinski definition) is 3. The van der Waals surface area contributed by atoms with Crippen molar-refractivity contribution >= 4 is 17.5 Å². The zero-order valence-electron chi connectivity index (χ0n) is 11.0. The summed E-state index contributed by atoms with van der Waals surface area (Å²) in [5.74, 6) is 0.433. The fraction of sp³-hybridized carbons (Fsp3) is 0.200. The van der Waals surface area contributed by atoms with Crippen molar-refractivity contribution in [2.45, 2.75) is 19.6 Å². The number of aromatic nitrogens is 1. The number of pyridine rings is 1. The highest BCUT2D eigenvalue weighted by molar-refractivity contribution is 6.30. The molecule has 1 unspecified atom stereocenters. The molecule has 1 heterocycles. The standard InChI is InChI=1S/C15H15ClN2O2/c1-11(20-14-6-4-13(16)5-7-14)15(19)18-10-12-3-2-8-17-9-12/h2-9,11H,10H2,1H3,(H,18,19). The van der Waals surface area contributed by atoms with Crippen molar-refractivity contribution in [1.29, 1.82) is 0 Å². The molecule has 0 fully saturated rings. The molecule has 1 aromatic carbocycles. The van der Waals surface area contributed by atoms with E-state index in [1.807, 2.05) is 12.1 Å². The van der Waals surface area contributed by atoms with Crippen molar-refractivity contribution in [3.05, 3.63) is 59.4 Å². The maximum Gasteiger partial charge on any atom is 0.261 e. The maximum absolute atomic E-state index is 11.9. The third kappa shape index (κ3) is 4.24. The van der Waals surface area contributed by atoms with Gasteiger partial charge in [-0.05, 0) is 42.8 Å². The first-order valence-corrected chi connectivity index (χ1v) is 6.62. The lowest BCUT2D eigenvalue weighted by molar-refractivity contribution is -0.127. The SMILES string of the molecule is CC(Oc1ccc(Cl)cc1)C(=O)NCc1cccnc1. The van der Waals surface area contributed by atoms with Gasteiger partial charge in [-0.1, -0.05) is 17.7 Å². The first-order chi connectivity index (χ1) is 9.65. The molecule has 0 radical (unpaired) electrons. The van der Waals surface area contributed by atoms with Crippen LogP contribution in [0.4, 0.5) is 0 Å². The Morgan fingerprint density at radius 2 is 2.10 bits per heavy atom. The first-order valence-electron chi connectivity index (χ1n) is 6.24. The number of rotatable bonds is 5. The van der Waals surface area contributed by atoms with E-state index < -0.39 is 6.10 Å². The van der Waals surface area contributed by atoms with Crippen molar-refractivity contribution in [3.8, 4) is 5.75 Å². The predicted molar refractivity (Wildman–Crippen MR) is 77.6 cm³/mol. The van der Waals surface area contributed by atoms with Gasteiger partial charge >= 0.3 is 0 Å². The second-order valence-electron chi connectivity index (χ2n) is 4.29. The van der Waals surface area contributed by atoms with Crippen LogP contribution in [0.3, 0.4) is 0 Å². The third-order valence-corrected chi connectivity index (χ3v) is 2.94. The Kier molecular flexibility index (Phi) is 4.96. The molecule has 104 valence electrons. The highest BCUT2D eigenvalue weighted by Gasteiger charge is 2.14. The smallest absolute Gasteiger partial charge is 0.261 e. The molecule has 0 aliphatic carbocycles. The molecular formula is C15H15ClN2O2. The zero-order valence-corrected chi connectivity index (χ0v) is 11.8. The zero-order chi connectivity index (χ0) is 14.4. The van der Waals surface area contributed by atoms with Crippen LogP contribution in [0.15, 0.2) is 48.8 Å². The Balaban J connectivity index is 1.84. The van der Waals surface area contributed by atoms with Crippen LogP contribution in [0.2, 0.25) is 5.02 Å². The predicted octanol–water partition coefficient (Wildman–Crippen LogP) is 2.82. The highest BCUT2D eigenvalue weighted by Crippen LogP contribution is 2.16. The number of ether oxygens (including phenoxy) is 1. The summed E-state index contributed by atoms with van der Waals surface area (Å²) >= 11 is 5.79. The van der Waals surface area contributed by atoms with Crippen LogP contribution in [0.1, 0.15) is 12.5 Å². The van der Waals surface area contributed by atoms with Crippen LogP contribution in [0, 0.1) is 0 Å². The fourth-order valence-electron chi connectivity index (χ4n) is 1.61. The van der Waals surface area contributed by atoms with Gasteiger partial charge in [0.2, 0.25) is 0 Å². The van der Waals surface area contributed by atoms with E-state index in [9.17, 15) is 4.79 Å². The van der Waals surface area contributed by atoms with Crippen molar-refractivity contribution in [3.63, 3.8) is 0 Å². The van der Waals surface area contributed by atoms with E-state index in [0.29, 0.717) is 17.3 Å². The first kappa shape index (κ1) is 14.3. The Morgan fingerprint density at radius 1 is 1.35 bits per heavy atom. The van der Waals surface area contributed by atoms with E-state index in [-0.39, 0.29) is 5.91 Å². The van der Waals surface area contributed by atoms with Crippen LogP contribution in [0.25, 0.3) is 0 Å². The fourth-order valence-corrected chi connectivity index (χ4v) is 1.73. The summed E-state index contributed by atoms with van der Waals surface area (Å²) in [6.07, 6.45) is 2.83. The number of carbonyl (C=O) groups is 1. The minimum atomic E-state index is -0.576. The molecule has 0 saturated carbocycles. The molecule has 2 aromatic rings. The molecule has 0 bridgehead atoms. The van der Waals surface area contributed by atoms with E-state index in [1.165, 1.54) is 0 Å². The lowest BCUT2D eigenvalue weighted by atomic mass is 10.2. The summed E-state index contributed by atoms with van der Waals surface area (Å²) in [5.41, 5.74) is 0.944. The normalized spacial score (nSPS) is 11.7. The molecule has 1 aromatic heterocycles. The molecule has 20 heavy (non-hydrogen) atoms. The average molecular weight is 291 g/mol. The Morgan fingerprint density at radius 3 is 2.75 bits per heavy atom. The Hall–Kier alpha value is -2.07. The molecule has 1 amide bonds. The van der Waals surface area contributed by atoms with Crippen LogP contribution in [-0.2, 0) is 11.3 Å². The molecule has 1 atom stereocenters. The second kappa shape index (κ2) is 6.91. The number of benzene rings is 1. The summed E-state index contributed by atoms with van der Waals surface area (Å²) in [5, 5.41) is 3.43. The molecule has 2 rings (SSSR count). The van der Waals surface area contributed by atoms with Crippen LogP contribution in [-0.4, -0.2) is 17.0 Å². The third-order valence-electron chi connectivity index (χ3n) is 2.69. The van der Waals surface area contributed by atoms with Gasteiger partial charge in [-0.15, -0.1) is 0 Å². The van der Waals surface area contributed by atoms with Gasteiger partial charge in [0.25, 0.3) is 5.91 Å². The van der Waals surface area contributed by atoms with Gasteiger partial charge in [-0.25, -0.2) is 0 Å². The maximum atomic E-state index is 11.9. The molecule has 0 aliphatic heterocycles. The van der Waals surface area contributed by atoms with Crippen molar-refractivity contribution in [2.24, 2.45) is 0 Å². The van der Waals surface area contributed by atoms with Crippen LogP contribution >= 0.6 is 11.6 Å². The Bertz CT molecular complexity index is 558. The van der Waals surface area contributed by atoms with E-state index in [1.54, 1.807) is 43.6 Å². The van der Waals surface area contributed by atoms with Gasteiger partial charge < -0.3 is 10.1 Å². The number of nitrogens with one attached hydrogen (secondary N) is 1. The average Bonchev–Trinajstić information content (AvgIpc) is 2.48. The molecule has 1 N–H and O–H groups in total. The van der Waals surface area contributed by atoms with Gasteiger partial charge in [0, 0.05) is 24.0 Å². The van der Waals surface area contributed by atoms with Gasteiger partial charge in [-0.2, -0.15) is 0 Å². The number of hydrogen-bond donors (Lipinski definition) is 1. The molecule has 0 spiro atoms. The monoisotopic (exact) mass is 290 g/mol. The van der Waals surface area contributed by atoms with E-state index in [2.05, 4.69) is 10.3 Å². The summed E-state index contributed by atoms with van der Waals surface area (Å²) in [6.45, 7) is 2.13. The summed E-state index contributed by atoms with van der Waals surface area (Å²) in [6, 6.07) is 10.6. The summed E-state index contributed by atoms with van der Waals surface area (Å²) in [4.78, 5) is 15.9. The van der Waals surface area contributed by atoms with E-state index >= 15 is 0 Å². The largest absolute Gasteiger partial charge is 0.481 e. The van der Waals surface area contributed by atoms with Gasteiger partial charge in [0.05, 0.1) is 0 Å². The summed E-state index contributed by atoms with van der Waals surface area (Å²) in [7, 11) is 0. The molecular weight excluding hydrogens is 276 g/mol. The molecule has 0 aliphatic rings. The van der Waals surface area contributed by atoms with Gasteiger partial charge in [0.15, 0.2) is 6.10 Å². The Labute approximate surface area is 122 Å². The molecule has 4 nitrogen and oxygen atoms in total. The van der Waals surface area contributed by atoms with Crippen LogP contribution < -0.4 is 10.1 Å². The van der Waals surface area contributed by atoms with Gasteiger partial charge in [-0.3, -0.25) is 9.78 Å². The minimum absolute atomic E-state index is 0.177. The lowest BCUT2D eigenvalue weighted by Gasteiger charge is -2.14. The molecule has 0 saturated heterocycles. The number of nitrogens with zero attached hydrogens (tertiary/aromatic N) is 1. The minimum Gasteiger partial charge on any atom is -0.481 e. The van der Waals surface area contributed by atoms with Crippen molar-refractivity contribution in [2.75, 3.05) is 0 Å². The van der Waals surface area contributed by atoms with Crippen molar-refractivity contribution < 1.29 is 9.53 Å². The van der Waals surface area contributed by atoms with Crippen LogP contribution in [0.5, 0.6) is 5.75 Å². The number of carbonyl (C=O) groups excluding carboxylic acids is 1. The van der Waals surface area contributed by atoms with Gasteiger partial charge in [0.1, 0.15) is 5.75 Å². The highest BCUT2D eigenvalue weighted by atomic mass is 35.5. The lowest BCUT2D eigenvalue weighted by Crippen LogP contribution is -2.35. The second-order valence-corrected chi connectivity index (χ2v) is 4.73. The topological polar surface area (TPSA) is 51.2 Å². The number of halogens is 1. The van der Waals surface area contributed by atoms with E-state index in [4.69, 9.17) is 16.3 Å².